The number of aromatic nitrogens is 1. The Hall–Kier alpha value is -2.52. The third kappa shape index (κ3) is 1.59. The molecular formula is C12H7N3. The van der Waals surface area contributed by atoms with Crippen molar-refractivity contribution in [1.29, 1.82) is 10.5 Å². The molecule has 0 amide bonds. The van der Waals surface area contributed by atoms with Crippen LogP contribution in [0.3, 0.4) is 0 Å². The first kappa shape index (κ1) is 9.05. The molecule has 0 unspecified atom stereocenters. The van der Waals surface area contributed by atoms with E-state index in [4.69, 9.17) is 10.5 Å². The first-order chi connectivity index (χ1) is 7.35. The van der Waals surface area contributed by atoms with Gasteiger partial charge in [-0.25, -0.2) is 0 Å². The lowest BCUT2D eigenvalue weighted by Crippen LogP contribution is -1.95. The summed E-state index contributed by atoms with van der Waals surface area (Å²) in [5.41, 5.74) is 1.98. The van der Waals surface area contributed by atoms with Crippen LogP contribution in [0.25, 0.3) is 5.69 Å². The first-order valence-electron chi connectivity index (χ1n) is 4.43. The summed E-state index contributed by atoms with van der Waals surface area (Å²) in [6.07, 6.45) is 1.80. The highest BCUT2D eigenvalue weighted by Crippen LogP contribution is 2.13. The Balaban J connectivity index is 2.56. The molecule has 0 spiro atoms. The molecular weight excluding hydrogens is 186 g/mol. The second kappa shape index (κ2) is 3.69. The van der Waals surface area contributed by atoms with Crippen LogP contribution in [0.5, 0.6) is 0 Å². The van der Waals surface area contributed by atoms with E-state index in [2.05, 4.69) is 12.1 Å². The summed E-state index contributed by atoms with van der Waals surface area (Å²) in [5, 5.41) is 17.6. The van der Waals surface area contributed by atoms with E-state index < -0.39 is 0 Å². The van der Waals surface area contributed by atoms with E-state index in [-0.39, 0.29) is 0 Å². The van der Waals surface area contributed by atoms with Gasteiger partial charge < -0.3 is 4.57 Å². The Bertz CT molecular complexity index is 567. The van der Waals surface area contributed by atoms with Crippen LogP contribution in [-0.4, -0.2) is 4.57 Å². The smallest absolute Gasteiger partial charge is 0.124 e. The molecule has 1 heterocycles. The second-order valence-electron chi connectivity index (χ2n) is 3.04. The molecule has 3 nitrogen and oxygen atoms in total. The Labute approximate surface area is 87.4 Å². The van der Waals surface area contributed by atoms with Gasteiger partial charge in [0.05, 0.1) is 11.6 Å². The summed E-state index contributed by atoms with van der Waals surface area (Å²) in [6.45, 7) is 0. The van der Waals surface area contributed by atoms with Crippen LogP contribution in [0.2, 0.25) is 0 Å². The van der Waals surface area contributed by atoms with Gasteiger partial charge >= 0.3 is 0 Å². The van der Waals surface area contributed by atoms with Crippen molar-refractivity contribution in [3.63, 3.8) is 0 Å². The van der Waals surface area contributed by atoms with Crippen LogP contribution < -0.4 is 0 Å². The standard InChI is InChI=1S/C12H7N3/c13-8-10-3-1-4-11(7-10)15-6-2-5-12(15)9-14/h1-7H. The van der Waals surface area contributed by atoms with Crippen LogP contribution in [0.15, 0.2) is 42.6 Å². The molecule has 0 aliphatic rings. The number of nitrogens with zero attached hydrogens (tertiary/aromatic N) is 3. The van der Waals surface area contributed by atoms with E-state index >= 15 is 0 Å². The lowest BCUT2D eigenvalue weighted by atomic mass is 10.2. The van der Waals surface area contributed by atoms with Gasteiger partial charge in [-0.2, -0.15) is 10.5 Å². The van der Waals surface area contributed by atoms with Crippen molar-refractivity contribution in [2.24, 2.45) is 0 Å². The molecule has 0 atom stereocenters. The molecule has 3 heteroatoms. The van der Waals surface area contributed by atoms with Gasteiger partial charge in [0, 0.05) is 11.9 Å². The van der Waals surface area contributed by atoms with Crippen LogP contribution in [-0.2, 0) is 0 Å². The van der Waals surface area contributed by atoms with Gasteiger partial charge in [0.15, 0.2) is 0 Å². The van der Waals surface area contributed by atoms with Crippen LogP contribution in [0.1, 0.15) is 11.3 Å². The van der Waals surface area contributed by atoms with E-state index in [1.54, 1.807) is 41.1 Å². The fourth-order valence-corrected chi connectivity index (χ4v) is 1.42. The van der Waals surface area contributed by atoms with Crippen LogP contribution in [0.4, 0.5) is 0 Å². The summed E-state index contributed by atoms with van der Waals surface area (Å²) >= 11 is 0. The molecule has 2 aromatic rings. The number of hydrogen-bond donors (Lipinski definition) is 0. The molecule has 70 valence electrons. The highest BCUT2D eigenvalue weighted by atomic mass is 15.0. The minimum Gasteiger partial charge on any atom is -0.308 e. The van der Waals surface area contributed by atoms with Crippen LogP contribution >= 0.6 is 0 Å². The highest BCUT2D eigenvalue weighted by molar-refractivity contribution is 5.44. The molecule has 0 bridgehead atoms. The predicted molar refractivity (Wildman–Crippen MR) is 55.2 cm³/mol. The Morgan fingerprint density at radius 2 is 1.87 bits per heavy atom. The maximum Gasteiger partial charge on any atom is 0.124 e. The molecule has 0 saturated heterocycles. The summed E-state index contributed by atoms with van der Waals surface area (Å²) in [7, 11) is 0. The van der Waals surface area contributed by atoms with E-state index in [1.807, 2.05) is 6.07 Å². The van der Waals surface area contributed by atoms with Crippen molar-refractivity contribution in [3.8, 4) is 17.8 Å². The summed E-state index contributed by atoms with van der Waals surface area (Å²) in [4.78, 5) is 0. The van der Waals surface area contributed by atoms with E-state index in [1.165, 1.54) is 0 Å². The van der Waals surface area contributed by atoms with Crippen molar-refractivity contribution in [2.45, 2.75) is 0 Å². The van der Waals surface area contributed by atoms with Crippen molar-refractivity contribution >= 4 is 0 Å². The van der Waals surface area contributed by atoms with Crippen LogP contribution in [0, 0.1) is 22.7 Å². The molecule has 0 radical (unpaired) electrons. The average Bonchev–Trinajstić information content (AvgIpc) is 2.77. The summed E-state index contributed by atoms with van der Waals surface area (Å²) < 4.78 is 1.75. The summed E-state index contributed by atoms with van der Waals surface area (Å²) in [5.74, 6) is 0. The maximum absolute atomic E-state index is 8.86. The monoisotopic (exact) mass is 193 g/mol. The third-order valence-electron chi connectivity index (χ3n) is 2.12. The van der Waals surface area contributed by atoms with Gasteiger partial charge in [-0.05, 0) is 30.3 Å². The predicted octanol–water partition coefficient (Wildman–Crippen LogP) is 2.22. The van der Waals surface area contributed by atoms with Crippen molar-refractivity contribution in [1.82, 2.24) is 4.57 Å². The van der Waals surface area contributed by atoms with Gasteiger partial charge in [-0.15, -0.1) is 0 Å². The quantitative estimate of drug-likeness (QED) is 0.697. The fourth-order valence-electron chi connectivity index (χ4n) is 1.42. The van der Waals surface area contributed by atoms with E-state index in [0.717, 1.165) is 5.69 Å². The van der Waals surface area contributed by atoms with Gasteiger partial charge in [0.2, 0.25) is 0 Å². The minimum atomic E-state index is 0.560. The SMILES string of the molecule is N#Cc1cccc(-n2cccc2C#N)c1. The van der Waals surface area contributed by atoms with Gasteiger partial charge in [0.25, 0.3) is 0 Å². The normalized spacial score (nSPS) is 9.20. The second-order valence-corrected chi connectivity index (χ2v) is 3.04. The summed E-state index contributed by atoms with van der Waals surface area (Å²) in [6, 6.07) is 14.8. The molecule has 0 N–H and O–H groups in total. The molecule has 15 heavy (non-hydrogen) atoms. The zero-order valence-corrected chi connectivity index (χ0v) is 7.88. The molecule has 0 fully saturated rings. The van der Waals surface area contributed by atoms with Gasteiger partial charge in [-0.3, -0.25) is 0 Å². The third-order valence-corrected chi connectivity index (χ3v) is 2.12. The fraction of sp³-hybridized carbons (Fsp3) is 0. The largest absolute Gasteiger partial charge is 0.308 e. The minimum absolute atomic E-state index is 0.560. The number of rotatable bonds is 1. The topological polar surface area (TPSA) is 52.5 Å². The first-order valence-corrected chi connectivity index (χ1v) is 4.43. The van der Waals surface area contributed by atoms with Crippen molar-refractivity contribution in [2.75, 3.05) is 0 Å². The number of nitriles is 2. The molecule has 2 rings (SSSR count). The van der Waals surface area contributed by atoms with Gasteiger partial charge in [-0.1, -0.05) is 6.07 Å². The Kier molecular flexibility index (Phi) is 2.23. The molecule has 0 aliphatic heterocycles. The Morgan fingerprint density at radius 3 is 2.60 bits per heavy atom. The average molecular weight is 193 g/mol. The van der Waals surface area contributed by atoms with Crippen molar-refractivity contribution < 1.29 is 0 Å². The van der Waals surface area contributed by atoms with Gasteiger partial charge in [0.1, 0.15) is 11.8 Å². The molecule has 0 saturated carbocycles. The zero-order valence-electron chi connectivity index (χ0n) is 7.88. The van der Waals surface area contributed by atoms with Crippen molar-refractivity contribution in [3.05, 3.63) is 53.9 Å². The molecule has 0 aliphatic carbocycles. The molecule has 1 aromatic heterocycles. The van der Waals surface area contributed by atoms with E-state index in [0.29, 0.717) is 11.3 Å². The highest BCUT2D eigenvalue weighted by Gasteiger charge is 2.02. The zero-order chi connectivity index (χ0) is 10.7. The lowest BCUT2D eigenvalue weighted by molar-refractivity contribution is 1.05. The number of hydrogen-bond acceptors (Lipinski definition) is 2. The maximum atomic E-state index is 8.86. The molecule has 1 aromatic carbocycles. The number of benzene rings is 1. The Morgan fingerprint density at radius 1 is 1.00 bits per heavy atom. The lowest BCUT2D eigenvalue weighted by Gasteiger charge is -2.04. The van der Waals surface area contributed by atoms with E-state index in [9.17, 15) is 0 Å².